The first-order valence-corrected chi connectivity index (χ1v) is 5.81. The highest BCUT2D eigenvalue weighted by atomic mass is 14.3. The lowest BCUT2D eigenvalue weighted by molar-refractivity contribution is 0.790. The Morgan fingerprint density at radius 3 is 2.31 bits per heavy atom. The molecule has 0 heterocycles. The molecule has 1 atom stereocenters. The van der Waals surface area contributed by atoms with Crippen molar-refractivity contribution >= 4 is 0 Å². The molecular formula is C16H15+. The molecule has 0 nitrogen and oxygen atoms in total. The summed E-state index contributed by atoms with van der Waals surface area (Å²) in [6.45, 7) is 4.55. The SMILES string of the molecule is C[C+]1c2ccccc2-c2ccccc2C1C. The van der Waals surface area contributed by atoms with Gasteiger partial charge in [0, 0.05) is 36.5 Å². The van der Waals surface area contributed by atoms with E-state index in [1.807, 2.05) is 0 Å². The van der Waals surface area contributed by atoms with Gasteiger partial charge in [-0.2, -0.15) is 0 Å². The summed E-state index contributed by atoms with van der Waals surface area (Å²) in [6, 6.07) is 17.5. The third kappa shape index (κ3) is 1.19. The van der Waals surface area contributed by atoms with E-state index in [1.165, 1.54) is 28.2 Å². The van der Waals surface area contributed by atoms with Gasteiger partial charge in [0.05, 0.1) is 5.56 Å². The van der Waals surface area contributed by atoms with E-state index in [-0.39, 0.29) is 0 Å². The van der Waals surface area contributed by atoms with Gasteiger partial charge >= 0.3 is 0 Å². The van der Waals surface area contributed by atoms with Gasteiger partial charge in [-0.15, -0.1) is 0 Å². The number of benzene rings is 2. The second-order valence-electron chi connectivity index (χ2n) is 4.54. The van der Waals surface area contributed by atoms with Crippen LogP contribution < -0.4 is 0 Å². The van der Waals surface area contributed by atoms with E-state index in [9.17, 15) is 0 Å². The molecule has 0 saturated heterocycles. The van der Waals surface area contributed by atoms with Crippen LogP contribution in [0.15, 0.2) is 48.5 Å². The molecule has 3 rings (SSSR count). The van der Waals surface area contributed by atoms with E-state index in [0.717, 1.165) is 0 Å². The largest absolute Gasteiger partial charge is 0.141 e. The van der Waals surface area contributed by atoms with Crippen LogP contribution in [-0.4, -0.2) is 0 Å². The molecule has 2 aromatic carbocycles. The predicted octanol–water partition coefficient (Wildman–Crippen LogP) is 4.41. The van der Waals surface area contributed by atoms with Crippen LogP contribution >= 0.6 is 0 Å². The Balaban J connectivity index is 2.33. The van der Waals surface area contributed by atoms with E-state index in [4.69, 9.17) is 0 Å². The van der Waals surface area contributed by atoms with Crippen molar-refractivity contribution in [1.29, 1.82) is 0 Å². The summed E-state index contributed by atoms with van der Waals surface area (Å²) in [7, 11) is 0. The molecule has 2 aromatic rings. The molecule has 0 fully saturated rings. The van der Waals surface area contributed by atoms with Crippen LogP contribution in [0.4, 0.5) is 0 Å². The molecule has 0 radical (unpaired) electrons. The van der Waals surface area contributed by atoms with Gasteiger partial charge in [-0.1, -0.05) is 18.2 Å². The second kappa shape index (κ2) is 3.41. The lowest BCUT2D eigenvalue weighted by Crippen LogP contribution is -2.13. The topological polar surface area (TPSA) is 0 Å². The molecule has 1 unspecified atom stereocenters. The van der Waals surface area contributed by atoms with E-state index < -0.39 is 0 Å². The average molecular weight is 207 g/mol. The third-order valence-electron chi connectivity index (χ3n) is 3.72. The molecule has 0 aliphatic heterocycles. The minimum atomic E-state index is 0.533. The van der Waals surface area contributed by atoms with E-state index in [0.29, 0.717) is 5.92 Å². The maximum atomic E-state index is 2.30. The fraction of sp³-hybridized carbons (Fsp3) is 0.188. The van der Waals surface area contributed by atoms with Crippen LogP contribution in [-0.2, 0) is 0 Å². The first-order valence-electron chi connectivity index (χ1n) is 5.81. The van der Waals surface area contributed by atoms with Crippen molar-refractivity contribution in [2.24, 2.45) is 0 Å². The molecule has 0 bridgehead atoms. The van der Waals surface area contributed by atoms with Crippen LogP contribution in [0.3, 0.4) is 0 Å². The van der Waals surface area contributed by atoms with E-state index in [1.54, 1.807) is 0 Å². The van der Waals surface area contributed by atoms with Gasteiger partial charge in [0.1, 0.15) is 5.56 Å². The number of hydrogen-bond acceptors (Lipinski definition) is 0. The molecule has 16 heavy (non-hydrogen) atoms. The quantitative estimate of drug-likeness (QED) is 0.561. The van der Waals surface area contributed by atoms with Gasteiger partial charge in [0.15, 0.2) is 0 Å². The Morgan fingerprint density at radius 2 is 1.50 bits per heavy atom. The zero-order valence-corrected chi connectivity index (χ0v) is 9.70. The molecular weight excluding hydrogens is 192 g/mol. The van der Waals surface area contributed by atoms with Crippen LogP contribution in [0.2, 0.25) is 0 Å². The number of fused-ring (bicyclic) bond motifs is 3. The molecule has 0 spiro atoms. The van der Waals surface area contributed by atoms with Gasteiger partial charge in [0.2, 0.25) is 0 Å². The number of rotatable bonds is 0. The van der Waals surface area contributed by atoms with Crippen molar-refractivity contribution < 1.29 is 0 Å². The summed E-state index contributed by atoms with van der Waals surface area (Å²) >= 11 is 0. The standard InChI is InChI=1S/C16H15/c1-11-12(2)14-8-4-6-10-16(14)15-9-5-3-7-13(11)15/h3-11H,1-2H3/q+1. The highest BCUT2D eigenvalue weighted by Gasteiger charge is 2.33. The maximum Gasteiger partial charge on any atom is 0.141 e. The lowest BCUT2D eigenvalue weighted by Gasteiger charge is -2.24. The first-order chi connectivity index (χ1) is 7.79. The maximum absolute atomic E-state index is 2.30. The first kappa shape index (κ1) is 9.53. The van der Waals surface area contributed by atoms with Gasteiger partial charge in [-0.05, 0) is 30.7 Å². The minimum Gasteiger partial charge on any atom is -0.0618 e. The predicted molar refractivity (Wildman–Crippen MR) is 68.3 cm³/mol. The van der Waals surface area contributed by atoms with Crippen LogP contribution in [0.5, 0.6) is 0 Å². The normalized spacial score (nSPS) is 17.9. The van der Waals surface area contributed by atoms with Crippen molar-refractivity contribution in [3.05, 3.63) is 65.6 Å². The zero-order chi connectivity index (χ0) is 11.1. The third-order valence-corrected chi connectivity index (χ3v) is 3.72. The Kier molecular flexibility index (Phi) is 2.03. The van der Waals surface area contributed by atoms with Crippen molar-refractivity contribution in [2.45, 2.75) is 19.8 Å². The molecule has 0 N–H and O–H groups in total. The second-order valence-corrected chi connectivity index (χ2v) is 4.54. The van der Waals surface area contributed by atoms with Gasteiger partial charge in [-0.25, -0.2) is 0 Å². The van der Waals surface area contributed by atoms with Crippen LogP contribution in [0.25, 0.3) is 11.1 Å². The van der Waals surface area contributed by atoms with E-state index >= 15 is 0 Å². The summed E-state index contributed by atoms with van der Waals surface area (Å²) in [5, 5.41) is 0. The summed E-state index contributed by atoms with van der Waals surface area (Å²) in [6.07, 6.45) is 0. The molecule has 78 valence electrons. The van der Waals surface area contributed by atoms with Crippen LogP contribution in [0.1, 0.15) is 30.9 Å². The average Bonchev–Trinajstić information content (AvgIpc) is 2.36. The molecule has 0 heteroatoms. The molecule has 0 saturated carbocycles. The fourth-order valence-electron chi connectivity index (χ4n) is 2.65. The van der Waals surface area contributed by atoms with Crippen molar-refractivity contribution in [1.82, 2.24) is 0 Å². The summed E-state index contributed by atoms with van der Waals surface area (Å²) < 4.78 is 0. The Bertz CT molecular complexity index is 476. The monoisotopic (exact) mass is 207 g/mol. The Labute approximate surface area is 96.9 Å². The molecule has 0 aromatic heterocycles. The smallest absolute Gasteiger partial charge is 0.0618 e. The van der Waals surface area contributed by atoms with Crippen molar-refractivity contribution in [3.8, 4) is 11.1 Å². The highest BCUT2D eigenvalue weighted by molar-refractivity contribution is 5.77. The Morgan fingerprint density at radius 1 is 0.875 bits per heavy atom. The van der Waals surface area contributed by atoms with E-state index in [2.05, 4.69) is 62.4 Å². The summed E-state index contributed by atoms with van der Waals surface area (Å²) in [5.74, 6) is 2.01. The molecule has 0 amide bonds. The summed E-state index contributed by atoms with van der Waals surface area (Å²) in [4.78, 5) is 0. The zero-order valence-electron chi connectivity index (χ0n) is 9.70. The number of hydrogen-bond donors (Lipinski definition) is 0. The van der Waals surface area contributed by atoms with Gasteiger partial charge < -0.3 is 0 Å². The van der Waals surface area contributed by atoms with Gasteiger partial charge in [0.25, 0.3) is 0 Å². The van der Waals surface area contributed by atoms with Crippen LogP contribution in [0, 0.1) is 5.92 Å². The van der Waals surface area contributed by atoms with Crippen molar-refractivity contribution in [2.75, 3.05) is 0 Å². The van der Waals surface area contributed by atoms with Gasteiger partial charge in [-0.3, -0.25) is 0 Å². The molecule has 1 aliphatic rings. The fourth-order valence-corrected chi connectivity index (χ4v) is 2.65. The highest BCUT2D eigenvalue weighted by Crippen LogP contribution is 2.45. The summed E-state index contributed by atoms with van der Waals surface area (Å²) in [5.41, 5.74) is 5.65. The lowest BCUT2D eigenvalue weighted by atomic mass is 9.73. The molecule has 1 aliphatic carbocycles. The Hall–Kier alpha value is -1.69. The minimum absolute atomic E-state index is 0.533. The van der Waals surface area contributed by atoms with Crippen molar-refractivity contribution in [3.63, 3.8) is 0 Å².